The first-order valence-electron chi connectivity index (χ1n) is 5.44. The van der Waals surface area contributed by atoms with E-state index >= 15 is 0 Å². The van der Waals surface area contributed by atoms with E-state index in [4.69, 9.17) is 35.4 Å². The zero-order chi connectivity index (χ0) is 14.2. The van der Waals surface area contributed by atoms with Gasteiger partial charge in [0.05, 0.1) is 16.1 Å². The Morgan fingerprint density at radius 1 is 1.47 bits per heavy atom. The summed E-state index contributed by atoms with van der Waals surface area (Å²) in [7, 11) is 0. The summed E-state index contributed by atoms with van der Waals surface area (Å²) in [6.45, 7) is 1.64. The fourth-order valence-corrected chi connectivity index (χ4v) is 2.76. The number of nitrogens with zero attached hydrogens (tertiary/aromatic N) is 1. The lowest BCUT2D eigenvalue weighted by molar-refractivity contribution is -0.140. The van der Waals surface area contributed by atoms with Crippen LogP contribution in [-0.4, -0.2) is 21.9 Å². The molecule has 2 atom stereocenters. The smallest absolute Gasteiger partial charge is 0.314 e. The second-order valence-corrected chi connectivity index (χ2v) is 5.31. The second-order valence-electron chi connectivity index (χ2n) is 4.14. The summed E-state index contributed by atoms with van der Waals surface area (Å²) in [6.07, 6.45) is 0. The summed E-state index contributed by atoms with van der Waals surface area (Å²) in [4.78, 5) is 15.4. The van der Waals surface area contributed by atoms with Crippen LogP contribution in [0, 0.1) is 5.92 Å². The number of hydrogen-bond donors (Lipinski definition) is 2. The Bertz CT molecular complexity index is 589. The van der Waals surface area contributed by atoms with Gasteiger partial charge in [0, 0.05) is 5.71 Å². The molecule has 1 aromatic carbocycles. The average Bonchev–Trinajstić information content (AvgIpc) is 2.31. The largest absolute Gasteiger partial charge is 0.481 e. The number of hydrogen-bond acceptors (Lipinski definition) is 2. The first-order valence-corrected chi connectivity index (χ1v) is 6.60. The molecule has 4 nitrogen and oxygen atoms in total. The van der Waals surface area contributed by atoms with Crippen molar-refractivity contribution in [3.8, 4) is 0 Å². The van der Waals surface area contributed by atoms with Crippen LogP contribution in [0.4, 0.5) is 0 Å². The van der Waals surface area contributed by atoms with E-state index in [9.17, 15) is 9.90 Å². The highest BCUT2D eigenvalue weighted by molar-refractivity contribution is 7.80. The summed E-state index contributed by atoms with van der Waals surface area (Å²) in [6, 6.07) is 4.51. The standard InChI is InChI=1S/C12H10Cl2N2O2S/c1-5-8(11(17)18)10(16-12(19)15-5)6-3-2-4-7(13)9(6)14/h2-4,8,10H,1H3,(H,16,19)(H,17,18). The molecule has 1 aromatic rings. The molecule has 7 heteroatoms. The van der Waals surface area contributed by atoms with Crippen LogP contribution in [0.2, 0.25) is 10.0 Å². The topological polar surface area (TPSA) is 61.7 Å². The summed E-state index contributed by atoms with van der Waals surface area (Å²) in [5, 5.41) is 13.2. The molecule has 2 rings (SSSR count). The van der Waals surface area contributed by atoms with Crippen LogP contribution in [0.1, 0.15) is 18.5 Å². The molecule has 1 heterocycles. The van der Waals surface area contributed by atoms with Crippen molar-refractivity contribution in [2.75, 3.05) is 0 Å². The van der Waals surface area contributed by atoms with Gasteiger partial charge in [-0.25, -0.2) is 4.99 Å². The maximum atomic E-state index is 11.4. The van der Waals surface area contributed by atoms with Gasteiger partial charge in [-0.2, -0.15) is 0 Å². The molecule has 0 saturated carbocycles. The molecule has 0 spiro atoms. The molecule has 19 heavy (non-hydrogen) atoms. The van der Waals surface area contributed by atoms with Gasteiger partial charge in [-0.05, 0) is 30.8 Å². The van der Waals surface area contributed by atoms with Crippen LogP contribution in [0.25, 0.3) is 0 Å². The number of carboxylic acid groups (broad SMARTS) is 1. The van der Waals surface area contributed by atoms with Gasteiger partial charge in [0.1, 0.15) is 5.92 Å². The summed E-state index contributed by atoms with van der Waals surface area (Å²) in [5.74, 6) is -1.82. The number of aliphatic imine (C=N–C) groups is 1. The van der Waals surface area contributed by atoms with Crippen molar-refractivity contribution in [1.29, 1.82) is 0 Å². The average molecular weight is 317 g/mol. The molecule has 0 bridgehead atoms. The van der Waals surface area contributed by atoms with Crippen molar-refractivity contribution in [1.82, 2.24) is 5.32 Å². The molecular formula is C12H10Cl2N2O2S. The van der Waals surface area contributed by atoms with E-state index in [1.807, 2.05) is 0 Å². The highest BCUT2D eigenvalue weighted by atomic mass is 35.5. The van der Waals surface area contributed by atoms with Crippen molar-refractivity contribution in [2.24, 2.45) is 10.9 Å². The molecule has 0 fully saturated rings. The highest BCUT2D eigenvalue weighted by Crippen LogP contribution is 2.35. The monoisotopic (exact) mass is 316 g/mol. The molecule has 100 valence electrons. The van der Waals surface area contributed by atoms with Gasteiger partial charge in [-0.15, -0.1) is 0 Å². The fourth-order valence-electron chi connectivity index (χ4n) is 2.06. The molecule has 2 N–H and O–H groups in total. The molecule has 1 aliphatic heterocycles. The van der Waals surface area contributed by atoms with Gasteiger partial charge in [0.2, 0.25) is 0 Å². The number of rotatable bonds is 2. The maximum Gasteiger partial charge on any atom is 0.314 e. The number of halogens is 2. The number of carbonyl (C=O) groups is 1. The Morgan fingerprint density at radius 2 is 2.16 bits per heavy atom. The lowest BCUT2D eigenvalue weighted by Gasteiger charge is -2.30. The number of aliphatic carboxylic acids is 1. The zero-order valence-corrected chi connectivity index (χ0v) is 12.2. The predicted molar refractivity (Wildman–Crippen MR) is 79.2 cm³/mol. The van der Waals surface area contributed by atoms with Crippen LogP contribution in [0.15, 0.2) is 23.2 Å². The van der Waals surface area contributed by atoms with E-state index in [0.717, 1.165) is 0 Å². The van der Waals surface area contributed by atoms with Gasteiger partial charge >= 0.3 is 5.97 Å². The molecule has 2 unspecified atom stereocenters. The quantitative estimate of drug-likeness (QED) is 0.823. The van der Waals surface area contributed by atoms with Crippen molar-refractivity contribution in [3.05, 3.63) is 33.8 Å². The summed E-state index contributed by atoms with van der Waals surface area (Å²) >= 11 is 17.1. The normalized spacial score (nSPS) is 22.7. The third kappa shape index (κ3) is 2.73. The minimum atomic E-state index is -0.989. The van der Waals surface area contributed by atoms with Crippen molar-refractivity contribution in [3.63, 3.8) is 0 Å². The molecule has 0 amide bonds. The van der Waals surface area contributed by atoms with Crippen LogP contribution >= 0.6 is 35.4 Å². The summed E-state index contributed by atoms with van der Waals surface area (Å²) in [5.41, 5.74) is 1.04. The van der Waals surface area contributed by atoms with Gasteiger partial charge in [0.15, 0.2) is 5.11 Å². The van der Waals surface area contributed by atoms with E-state index in [1.54, 1.807) is 25.1 Å². The van der Waals surface area contributed by atoms with E-state index in [0.29, 0.717) is 21.3 Å². The van der Waals surface area contributed by atoms with Crippen LogP contribution in [-0.2, 0) is 4.79 Å². The Labute approximate surface area is 125 Å². The van der Waals surface area contributed by atoms with E-state index in [-0.39, 0.29) is 5.11 Å². The molecule has 1 aliphatic rings. The SMILES string of the molecule is CC1=NC(=S)NC(c2cccc(Cl)c2Cl)C1C(=O)O. The molecule has 0 aromatic heterocycles. The first-order chi connectivity index (χ1) is 8.91. The van der Waals surface area contributed by atoms with Crippen LogP contribution in [0.3, 0.4) is 0 Å². The second kappa shape index (κ2) is 5.45. The molecule has 0 aliphatic carbocycles. The molecular weight excluding hydrogens is 307 g/mol. The predicted octanol–water partition coefficient (Wildman–Crippen LogP) is 3.08. The zero-order valence-electron chi connectivity index (χ0n) is 9.85. The lowest BCUT2D eigenvalue weighted by atomic mass is 9.88. The third-order valence-electron chi connectivity index (χ3n) is 2.92. The Hall–Kier alpha value is -1.17. The highest BCUT2D eigenvalue weighted by Gasteiger charge is 2.36. The maximum absolute atomic E-state index is 11.4. The van der Waals surface area contributed by atoms with Gasteiger partial charge in [-0.3, -0.25) is 4.79 Å². The van der Waals surface area contributed by atoms with E-state index in [1.165, 1.54) is 0 Å². The number of benzene rings is 1. The fraction of sp³-hybridized carbons (Fsp3) is 0.250. The van der Waals surface area contributed by atoms with Crippen LogP contribution in [0.5, 0.6) is 0 Å². The van der Waals surface area contributed by atoms with E-state index in [2.05, 4.69) is 10.3 Å². The Kier molecular flexibility index (Phi) is 4.08. The minimum Gasteiger partial charge on any atom is -0.481 e. The first kappa shape index (κ1) is 14.2. The number of thiocarbonyl (C=S) groups is 1. The van der Waals surface area contributed by atoms with E-state index < -0.39 is 17.9 Å². The van der Waals surface area contributed by atoms with Crippen LogP contribution < -0.4 is 5.32 Å². The van der Waals surface area contributed by atoms with Crippen molar-refractivity contribution >= 4 is 52.2 Å². The minimum absolute atomic E-state index is 0.246. The van der Waals surface area contributed by atoms with Crippen molar-refractivity contribution in [2.45, 2.75) is 13.0 Å². The number of carboxylic acids is 1. The van der Waals surface area contributed by atoms with Crippen molar-refractivity contribution < 1.29 is 9.90 Å². The lowest BCUT2D eigenvalue weighted by Crippen LogP contribution is -2.43. The third-order valence-corrected chi connectivity index (χ3v) is 3.97. The van der Waals surface area contributed by atoms with Gasteiger partial charge < -0.3 is 10.4 Å². The number of nitrogens with one attached hydrogen (secondary N) is 1. The van der Waals surface area contributed by atoms with Gasteiger partial charge in [-0.1, -0.05) is 35.3 Å². The Morgan fingerprint density at radius 3 is 2.79 bits per heavy atom. The molecule has 0 radical (unpaired) electrons. The summed E-state index contributed by atoms with van der Waals surface area (Å²) < 4.78 is 0. The van der Waals surface area contributed by atoms with Gasteiger partial charge in [0.25, 0.3) is 0 Å². The molecule has 0 saturated heterocycles. The Balaban J connectivity index is 2.53.